The van der Waals surface area contributed by atoms with Crippen LogP contribution in [-0.4, -0.2) is 36.1 Å². The van der Waals surface area contributed by atoms with E-state index in [4.69, 9.17) is 14.6 Å². The predicted octanol–water partition coefficient (Wildman–Crippen LogP) is 2.32. The predicted molar refractivity (Wildman–Crippen MR) is 84.7 cm³/mol. The smallest absolute Gasteiger partial charge is 0.408 e. The van der Waals surface area contributed by atoms with Crippen LogP contribution in [0.3, 0.4) is 0 Å². The van der Waals surface area contributed by atoms with Crippen LogP contribution in [0.15, 0.2) is 24.3 Å². The Morgan fingerprint density at radius 2 is 2.05 bits per heavy atom. The van der Waals surface area contributed by atoms with E-state index in [-0.39, 0.29) is 19.3 Å². The zero-order chi connectivity index (χ0) is 16.6. The molecular formula is C17H23NO4. The highest BCUT2D eigenvalue weighted by Gasteiger charge is 2.15. The average molecular weight is 305 g/mol. The van der Waals surface area contributed by atoms with E-state index < -0.39 is 11.7 Å². The largest absolute Gasteiger partial charge is 0.487 e. The summed E-state index contributed by atoms with van der Waals surface area (Å²) in [5.74, 6) is 6.38. The van der Waals surface area contributed by atoms with Crippen molar-refractivity contribution in [1.82, 2.24) is 5.32 Å². The number of aliphatic hydroxyl groups is 1. The Labute approximate surface area is 131 Å². The first-order chi connectivity index (χ1) is 10.3. The summed E-state index contributed by atoms with van der Waals surface area (Å²) in [6.45, 7) is 7.28. The van der Waals surface area contributed by atoms with Gasteiger partial charge in [-0.15, -0.1) is 0 Å². The van der Waals surface area contributed by atoms with Crippen molar-refractivity contribution in [3.8, 4) is 17.6 Å². The molecule has 5 heteroatoms. The number of ether oxygens (including phenoxy) is 2. The normalized spacial score (nSPS) is 11.9. The highest BCUT2D eigenvalue weighted by Crippen LogP contribution is 2.18. The summed E-state index contributed by atoms with van der Waals surface area (Å²) in [4.78, 5) is 11.5. The van der Waals surface area contributed by atoms with Gasteiger partial charge in [0.2, 0.25) is 0 Å². The van der Waals surface area contributed by atoms with Crippen LogP contribution in [0.4, 0.5) is 4.79 Å². The van der Waals surface area contributed by atoms with Crippen molar-refractivity contribution in [1.29, 1.82) is 0 Å². The Bertz CT molecular complexity index is 552. The maximum absolute atomic E-state index is 11.5. The molecule has 1 unspecified atom stereocenters. The van der Waals surface area contributed by atoms with Gasteiger partial charge in [0.15, 0.2) is 0 Å². The summed E-state index contributed by atoms with van der Waals surface area (Å²) in [6, 6.07) is 7.29. The van der Waals surface area contributed by atoms with E-state index >= 15 is 0 Å². The molecule has 0 heterocycles. The number of hydrogen-bond donors (Lipinski definition) is 2. The molecule has 5 nitrogen and oxygen atoms in total. The molecule has 1 atom stereocenters. The number of amides is 1. The number of para-hydroxylation sites is 1. The summed E-state index contributed by atoms with van der Waals surface area (Å²) in [5, 5.41) is 11.6. The molecule has 1 amide bonds. The number of rotatable bonds is 4. The van der Waals surface area contributed by atoms with Crippen LogP contribution in [0.1, 0.15) is 33.3 Å². The number of benzene rings is 1. The Kier molecular flexibility index (Phi) is 6.74. The van der Waals surface area contributed by atoms with Gasteiger partial charge in [-0.1, -0.05) is 24.0 Å². The molecule has 0 aliphatic heterocycles. The number of nitrogens with one attached hydrogen (secondary N) is 1. The number of hydrogen-bond acceptors (Lipinski definition) is 4. The minimum Gasteiger partial charge on any atom is -0.487 e. The lowest BCUT2D eigenvalue weighted by molar-refractivity contribution is 0.0535. The molecule has 0 saturated heterocycles. The molecular weight excluding hydrogens is 282 g/mol. The van der Waals surface area contributed by atoms with Gasteiger partial charge in [0.1, 0.15) is 17.5 Å². The zero-order valence-electron chi connectivity index (χ0n) is 13.5. The molecule has 0 radical (unpaired) electrons. The molecule has 0 fully saturated rings. The summed E-state index contributed by atoms with van der Waals surface area (Å²) < 4.78 is 10.7. The fourth-order valence-corrected chi connectivity index (χ4v) is 1.50. The molecule has 0 aromatic heterocycles. The van der Waals surface area contributed by atoms with Crippen LogP contribution in [0.5, 0.6) is 5.75 Å². The summed E-state index contributed by atoms with van der Waals surface area (Å²) in [5.41, 5.74) is 0.173. The van der Waals surface area contributed by atoms with Crippen LogP contribution >= 0.6 is 0 Å². The third-order valence-electron chi connectivity index (χ3n) is 2.42. The van der Waals surface area contributed by atoms with Gasteiger partial charge in [0.25, 0.3) is 0 Å². The van der Waals surface area contributed by atoms with Crippen LogP contribution in [-0.2, 0) is 4.74 Å². The first-order valence-corrected chi connectivity index (χ1v) is 7.14. The Hall–Kier alpha value is -2.19. The van der Waals surface area contributed by atoms with E-state index in [0.717, 1.165) is 0 Å². The number of aliphatic hydroxyl groups excluding tert-OH is 1. The fourth-order valence-electron chi connectivity index (χ4n) is 1.50. The van der Waals surface area contributed by atoms with Crippen molar-refractivity contribution in [2.24, 2.45) is 0 Å². The highest BCUT2D eigenvalue weighted by molar-refractivity contribution is 5.68. The minimum atomic E-state index is -0.529. The Morgan fingerprint density at radius 3 is 2.68 bits per heavy atom. The lowest BCUT2D eigenvalue weighted by Gasteiger charge is -2.19. The van der Waals surface area contributed by atoms with Crippen molar-refractivity contribution in [2.45, 2.75) is 39.4 Å². The monoisotopic (exact) mass is 305 g/mol. The van der Waals surface area contributed by atoms with Crippen molar-refractivity contribution < 1.29 is 19.4 Å². The maximum atomic E-state index is 11.5. The topological polar surface area (TPSA) is 67.8 Å². The lowest BCUT2D eigenvalue weighted by Crippen LogP contribution is -2.32. The van der Waals surface area contributed by atoms with Gasteiger partial charge in [0.05, 0.1) is 18.7 Å². The van der Waals surface area contributed by atoms with Crippen molar-refractivity contribution in [2.75, 3.05) is 13.2 Å². The van der Waals surface area contributed by atoms with E-state index in [0.29, 0.717) is 11.3 Å². The summed E-state index contributed by atoms with van der Waals surface area (Å²) in [6.07, 6.45) is -0.803. The molecule has 1 rings (SSSR count). The molecule has 2 N–H and O–H groups in total. The van der Waals surface area contributed by atoms with E-state index in [9.17, 15) is 4.79 Å². The standard InChI is InChI=1S/C17H23NO4/c1-13(12-19)21-15-10-6-5-8-14(15)9-7-11-18-16(20)22-17(2,3)4/h5-6,8,10,13,19H,11-12H2,1-4H3,(H,18,20). The van der Waals surface area contributed by atoms with Crippen molar-refractivity contribution in [3.63, 3.8) is 0 Å². The lowest BCUT2D eigenvalue weighted by atomic mass is 10.2. The van der Waals surface area contributed by atoms with Gasteiger partial charge < -0.3 is 19.9 Å². The second-order valence-corrected chi connectivity index (χ2v) is 5.76. The molecule has 22 heavy (non-hydrogen) atoms. The maximum Gasteiger partial charge on any atom is 0.408 e. The average Bonchev–Trinajstić information content (AvgIpc) is 2.43. The Balaban J connectivity index is 2.60. The van der Waals surface area contributed by atoms with E-state index in [1.807, 2.05) is 18.2 Å². The van der Waals surface area contributed by atoms with Gasteiger partial charge in [-0.25, -0.2) is 4.79 Å². The SMILES string of the molecule is CC(CO)Oc1ccccc1C#CCNC(=O)OC(C)(C)C. The minimum absolute atomic E-state index is 0.0675. The quantitative estimate of drug-likeness (QED) is 0.838. The first kappa shape index (κ1) is 17.9. The molecule has 0 aliphatic rings. The molecule has 1 aromatic carbocycles. The van der Waals surface area contributed by atoms with Crippen LogP contribution in [0, 0.1) is 11.8 Å². The second-order valence-electron chi connectivity index (χ2n) is 5.76. The highest BCUT2D eigenvalue weighted by atomic mass is 16.6. The van der Waals surface area contributed by atoms with Gasteiger partial charge in [0, 0.05) is 0 Å². The number of carbonyl (C=O) groups excluding carboxylic acids is 1. The third kappa shape index (κ3) is 7.00. The molecule has 1 aromatic rings. The van der Waals surface area contributed by atoms with E-state index in [1.54, 1.807) is 33.8 Å². The van der Waals surface area contributed by atoms with Crippen LogP contribution in [0.25, 0.3) is 0 Å². The molecule has 0 saturated carbocycles. The third-order valence-corrected chi connectivity index (χ3v) is 2.42. The van der Waals surface area contributed by atoms with Gasteiger partial charge >= 0.3 is 6.09 Å². The van der Waals surface area contributed by atoms with Gasteiger partial charge in [-0.2, -0.15) is 0 Å². The molecule has 120 valence electrons. The number of alkyl carbamates (subject to hydrolysis) is 1. The fraction of sp³-hybridized carbons (Fsp3) is 0.471. The van der Waals surface area contributed by atoms with E-state index in [1.165, 1.54) is 0 Å². The van der Waals surface area contributed by atoms with Crippen molar-refractivity contribution >= 4 is 6.09 Å². The number of carbonyl (C=O) groups is 1. The van der Waals surface area contributed by atoms with Gasteiger partial charge in [-0.05, 0) is 39.8 Å². The Morgan fingerprint density at radius 1 is 1.36 bits per heavy atom. The van der Waals surface area contributed by atoms with Gasteiger partial charge in [-0.3, -0.25) is 0 Å². The van der Waals surface area contributed by atoms with E-state index in [2.05, 4.69) is 17.2 Å². The second kappa shape index (κ2) is 8.30. The first-order valence-electron chi connectivity index (χ1n) is 7.14. The summed E-state index contributed by atoms with van der Waals surface area (Å²) >= 11 is 0. The zero-order valence-corrected chi connectivity index (χ0v) is 13.5. The molecule has 0 spiro atoms. The molecule has 0 aliphatic carbocycles. The van der Waals surface area contributed by atoms with Crippen LogP contribution < -0.4 is 10.1 Å². The van der Waals surface area contributed by atoms with Crippen molar-refractivity contribution in [3.05, 3.63) is 29.8 Å². The van der Waals surface area contributed by atoms with Crippen LogP contribution in [0.2, 0.25) is 0 Å². The molecule has 0 bridgehead atoms. The summed E-state index contributed by atoms with van der Waals surface area (Å²) in [7, 11) is 0.